The minimum Gasteiger partial charge on any atom is -0.481 e. The third-order valence-electron chi connectivity index (χ3n) is 2.99. The van der Waals surface area contributed by atoms with Gasteiger partial charge in [0, 0.05) is 18.6 Å². The number of esters is 1. The molecule has 9 heteroatoms. The van der Waals surface area contributed by atoms with E-state index in [1.807, 2.05) is 0 Å². The highest BCUT2D eigenvalue weighted by molar-refractivity contribution is 7.89. The van der Waals surface area contributed by atoms with Crippen molar-refractivity contribution in [2.24, 2.45) is 5.92 Å². The molecule has 0 aliphatic carbocycles. The molecule has 0 heterocycles. The summed E-state index contributed by atoms with van der Waals surface area (Å²) in [6.45, 7) is 1.14. The predicted molar refractivity (Wildman–Crippen MR) is 79.4 cm³/mol. The fourth-order valence-corrected chi connectivity index (χ4v) is 3.42. The molecule has 0 bridgehead atoms. The maximum absolute atomic E-state index is 12.6. The third kappa shape index (κ3) is 3.96. The van der Waals surface area contributed by atoms with Crippen molar-refractivity contribution in [3.05, 3.63) is 28.8 Å². The summed E-state index contributed by atoms with van der Waals surface area (Å²) in [5, 5.41) is 9.01. The SMILES string of the molecule is COC(=O)c1ccc(Cl)cc1S(=O)(=O)N(C)CC(C)C(=O)O. The molecule has 22 heavy (non-hydrogen) atoms. The second-order valence-corrected chi connectivity index (χ2v) is 7.11. The molecule has 0 aromatic heterocycles. The summed E-state index contributed by atoms with van der Waals surface area (Å²) in [4.78, 5) is 22.2. The number of halogens is 1. The van der Waals surface area contributed by atoms with Gasteiger partial charge in [-0.1, -0.05) is 18.5 Å². The van der Waals surface area contributed by atoms with Gasteiger partial charge in [0.2, 0.25) is 10.0 Å². The zero-order chi connectivity index (χ0) is 17.1. The van der Waals surface area contributed by atoms with Gasteiger partial charge in [-0.25, -0.2) is 17.5 Å². The van der Waals surface area contributed by atoms with Gasteiger partial charge in [-0.2, -0.15) is 0 Å². The highest BCUT2D eigenvalue weighted by Gasteiger charge is 2.29. The average Bonchev–Trinajstić information content (AvgIpc) is 2.45. The molecule has 0 radical (unpaired) electrons. The summed E-state index contributed by atoms with van der Waals surface area (Å²) < 4.78 is 30.5. The number of carboxylic acid groups (broad SMARTS) is 1. The number of aliphatic carboxylic acids is 1. The number of carbonyl (C=O) groups excluding carboxylic acids is 1. The number of rotatable bonds is 6. The van der Waals surface area contributed by atoms with E-state index in [1.54, 1.807) is 0 Å². The van der Waals surface area contributed by atoms with Crippen LogP contribution in [0.25, 0.3) is 0 Å². The molecule has 1 N–H and O–H groups in total. The summed E-state index contributed by atoms with van der Waals surface area (Å²) in [5.41, 5.74) is -0.165. The zero-order valence-electron chi connectivity index (χ0n) is 12.2. The van der Waals surface area contributed by atoms with E-state index in [4.69, 9.17) is 16.7 Å². The number of hydrogen-bond acceptors (Lipinski definition) is 5. The van der Waals surface area contributed by atoms with Crippen molar-refractivity contribution >= 4 is 33.6 Å². The van der Waals surface area contributed by atoms with E-state index in [-0.39, 0.29) is 22.0 Å². The fourth-order valence-electron chi connectivity index (χ4n) is 1.72. The van der Waals surface area contributed by atoms with Crippen LogP contribution in [0.1, 0.15) is 17.3 Å². The number of sulfonamides is 1. The van der Waals surface area contributed by atoms with Gasteiger partial charge >= 0.3 is 11.9 Å². The largest absolute Gasteiger partial charge is 0.481 e. The topological polar surface area (TPSA) is 101 Å². The van der Waals surface area contributed by atoms with Gasteiger partial charge in [0.05, 0.1) is 23.5 Å². The number of hydrogen-bond donors (Lipinski definition) is 1. The van der Waals surface area contributed by atoms with Crippen LogP contribution in [0.5, 0.6) is 0 Å². The lowest BCUT2D eigenvalue weighted by Crippen LogP contribution is -2.34. The fraction of sp³-hybridized carbons (Fsp3) is 0.385. The Morgan fingerprint density at radius 1 is 1.41 bits per heavy atom. The Morgan fingerprint density at radius 2 is 2.00 bits per heavy atom. The second-order valence-electron chi connectivity index (χ2n) is 4.66. The first-order chi connectivity index (χ1) is 10.1. The number of methoxy groups -OCH3 is 1. The molecule has 0 aliphatic heterocycles. The van der Waals surface area contributed by atoms with E-state index in [1.165, 1.54) is 26.1 Å². The van der Waals surface area contributed by atoms with Gasteiger partial charge < -0.3 is 9.84 Å². The van der Waals surface area contributed by atoms with Gasteiger partial charge in [-0.05, 0) is 18.2 Å². The molecular weight excluding hydrogens is 334 g/mol. The van der Waals surface area contributed by atoms with Crippen molar-refractivity contribution in [2.45, 2.75) is 11.8 Å². The number of carboxylic acids is 1. The van der Waals surface area contributed by atoms with Crippen molar-refractivity contribution in [3.63, 3.8) is 0 Å². The Labute approximate surface area is 133 Å². The molecule has 1 aromatic rings. The standard InChI is InChI=1S/C13H16ClNO6S/c1-8(12(16)17)7-15(2)22(19,20)11-6-9(14)4-5-10(11)13(18)21-3/h4-6,8H,7H2,1-3H3,(H,16,17). The van der Waals surface area contributed by atoms with Gasteiger partial charge in [-0.3, -0.25) is 4.79 Å². The Morgan fingerprint density at radius 3 is 2.50 bits per heavy atom. The lowest BCUT2D eigenvalue weighted by Gasteiger charge is -2.20. The first kappa shape index (κ1) is 18.4. The van der Waals surface area contributed by atoms with Crippen LogP contribution in [-0.4, -0.2) is 50.5 Å². The summed E-state index contributed by atoms with van der Waals surface area (Å²) >= 11 is 5.80. The summed E-state index contributed by atoms with van der Waals surface area (Å²) in [7, 11) is -1.73. The maximum Gasteiger partial charge on any atom is 0.339 e. The van der Waals surface area contributed by atoms with Gasteiger partial charge in [0.15, 0.2) is 0 Å². The summed E-state index contributed by atoms with van der Waals surface area (Å²) in [5.74, 6) is -2.85. The van der Waals surface area contributed by atoms with Crippen LogP contribution in [0.2, 0.25) is 5.02 Å². The first-order valence-corrected chi connectivity index (χ1v) is 8.00. The minimum absolute atomic E-state index is 0.130. The normalized spacial score (nSPS) is 13.0. The minimum atomic E-state index is -4.09. The molecule has 1 rings (SSSR count). The van der Waals surface area contributed by atoms with Gasteiger partial charge in [-0.15, -0.1) is 0 Å². The van der Waals surface area contributed by atoms with Crippen molar-refractivity contribution < 1.29 is 27.9 Å². The molecule has 1 aromatic carbocycles. The molecule has 1 atom stereocenters. The number of ether oxygens (including phenoxy) is 1. The highest BCUT2D eigenvalue weighted by atomic mass is 35.5. The predicted octanol–water partition coefficient (Wildman–Crippen LogP) is 1.47. The van der Waals surface area contributed by atoms with Crippen LogP contribution < -0.4 is 0 Å². The van der Waals surface area contributed by atoms with Crippen molar-refractivity contribution in [1.82, 2.24) is 4.31 Å². The summed E-state index contributed by atoms with van der Waals surface area (Å²) in [6.07, 6.45) is 0. The number of nitrogens with zero attached hydrogens (tertiary/aromatic N) is 1. The quantitative estimate of drug-likeness (QED) is 0.780. The molecule has 0 aliphatic rings. The molecule has 0 fully saturated rings. The van der Waals surface area contributed by atoms with Crippen molar-refractivity contribution in [3.8, 4) is 0 Å². The van der Waals surface area contributed by atoms with Gasteiger partial charge in [0.25, 0.3) is 0 Å². The Hall–Kier alpha value is -1.64. The lowest BCUT2D eigenvalue weighted by atomic mass is 10.2. The van der Waals surface area contributed by atoms with Crippen molar-refractivity contribution in [2.75, 3.05) is 20.7 Å². The molecule has 122 valence electrons. The maximum atomic E-state index is 12.6. The molecule has 1 unspecified atom stereocenters. The monoisotopic (exact) mass is 349 g/mol. The van der Waals surface area contributed by atoms with E-state index >= 15 is 0 Å². The number of carbonyl (C=O) groups is 2. The first-order valence-electron chi connectivity index (χ1n) is 6.18. The van der Waals surface area contributed by atoms with E-state index in [0.717, 1.165) is 17.5 Å². The van der Waals surface area contributed by atoms with Gasteiger partial charge in [0.1, 0.15) is 0 Å². The zero-order valence-corrected chi connectivity index (χ0v) is 13.8. The summed E-state index contributed by atoms with van der Waals surface area (Å²) in [6, 6.07) is 3.74. The van der Waals surface area contributed by atoms with Crippen LogP contribution in [0.15, 0.2) is 23.1 Å². The van der Waals surface area contributed by atoms with E-state index in [2.05, 4.69) is 4.74 Å². The van der Waals surface area contributed by atoms with Crippen LogP contribution in [-0.2, 0) is 19.6 Å². The van der Waals surface area contributed by atoms with Crippen LogP contribution in [0.3, 0.4) is 0 Å². The Balaban J connectivity index is 3.30. The van der Waals surface area contributed by atoms with Crippen molar-refractivity contribution in [1.29, 1.82) is 0 Å². The molecule has 0 saturated carbocycles. The molecule has 0 saturated heterocycles. The van der Waals surface area contributed by atoms with E-state index in [0.29, 0.717) is 0 Å². The Bertz CT molecular complexity index is 688. The van der Waals surface area contributed by atoms with E-state index < -0.39 is 27.9 Å². The second kappa shape index (κ2) is 7.08. The average molecular weight is 350 g/mol. The molecule has 0 spiro atoms. The number of benzene rings is 1. The highest BCUT2D eigenvalue weighted by Crippen LogP contribution is 2.24. The lowest BCUT2D eigenvalue weighted by molar-refractivity contribution is -0.141. The van der Waals surface area contributed by atoms with E-state index in [9.17, 15) is 18.0 Å². The Kier molecular flexibility index (Phi) is 5.92. The molecule has 0 amide bonds. The van der Waals surface area contributed by atoms with Crippen LogP contribution in [0.4, 0.5) is 0 Å². The molecular formula is C13H16ClNO6S. The third-order valence-corrected chi connectivity index (χ3v) is 5.09. The van der Waals surface area contributed by atoms with Crippen LogP contribution in [0, 0.1) is 5.92 Å². The smallest absolute Gasteiger partial charge is 0.339 e. The van der Waals surface area contributed by atoms with Crippen LogP contribution >= 0.6 is 11.6 Å². The molecule has 7 nitrogen and oxygen atoms in total.